The number of benzene rings is 1. The van der Waals surface area contributed by atoms with Crippen LogP contribution in [-0.4, -0.2) is 0 Å². The Morgan fingerprint density at radius 1 is 1.29 bits per heavy atom. The van der Waals surface area contributed by atoms with Crippen LogP contribution in [0.3, 0.4) is 0 Å². The van der Waals surface area contributed by atoms with Gasteiger partial charge in [-0.25, -0.2) is 5.43 Å². The highest BCUT2D eigenvalue weighted by molar-refractivity contribution is 5.80. The summed E-state index contributed by atoms with van der Waals surface area (Å²) in [5.41, 5.74) is 5.39. The fraction of sp³-hybridized carbons (Fsp3) is 0.556. The van der Waals surface area contributed by atoms with Crippen molar-refractivity contribution in [3.05, 3.63) is 35.6 Å². The number of fused-ring (bicyclic) bond motifs is 1. The molecule has 0 spiro atoms. The number of nitrogens with one attached hydrogen (secondary N) is 1. The summed E-state index contributed by atoms with van der Waals surface area (Å²) in [7, 11) is 0. The molecule has 116 valence electrons. The molecule has 0 amide bonds. The molecule has 0 aliphatic rings. The maximum Gasteiger partial charge on any atom is 0.137 e. The normalized spacial score (nSPS) is 15.3. The van der Waals surface area contributed by atoms with Gasteiger partial charge in [0.1, 0.15) is 11.3 Å². The third-order valence-electron chi connectivity index (χ3n) is 3.90. The second kappa shape index (κ2) is 6.20. The lowest BCUT2D eigenvalue weighted by molar-refractivity contribution is 0.266. The van der Waals surface area contributed by atoms with Gasteiger partial charge >= 0.3 is 0 Å². The number of hydrazine groups is 1. The molecule has 3 heteroatoms. The molecule has 3 N–H and O–H groups in total. The minimum Gasteiger partial charge on any atom is -0.459 e. The highest BCUT2D eigenvalue weighted by atomic mass is 16.3. The van der Waals surface area contributed by atoms with Crippen LogP contribution in [0.5, 0.6) is 0 Å². The van der Waals surface area contributed by atoms with Crippen molar-refractivity contribution in [1.29, 1.82) is 0 Å². The zero-order valence-electron chi connectivity index (χ0n) is 13.9. The number of para-hydroxylation sites is 1. The van der Waals surface area contributed by atoms with E-state index in [9.17, 15) is 0 Å². The first-order valence-electron chi connectivity index (χ1n) is 7.75. The molecule has 2 aromatic rings. The predicted molar refractivity (Wildman–Crippen MR) is 88.9 cm³/mol. The molecule has 1 aromatic heterocycles. The molecule has 1 heterocycles. The van der Waals surface area contributed by atoms with Crippen molar-refractivity contribution in [2.75, 3.05) is 0 Å². The van der Waals surface area contributed by atoms with Crippen molar-refractivity contribution in [1.82, 2.24) is 5.43 Å². The van der Waals surface area contributed by atoms with Crippen LogP contribution < -0.4 is 11.3 Å². The number of hydrogen-bond acceptors (Lipinski definition) is 3. The maximum atomic E-state index is 6.04. The summed E-state index contributed by atoms with van der Waals surface area (Å²) in [4.78, 5) is 0. The SMILES string of the molecule is Cc1cccc2cc(C(CC(C)CC(C)(C)C)NN)oc12. The molecule has 0 saturated carbocycles. The Morgan fingerprint density at radius 2 is 2.00 bits per heavy atom. The monoisotopic (exact) mass is 288 g/mol. The molecular weight excluding hydrogens is 260 g/mol. The molecule has 0 saturated heterocycles. The molecule has 2 unspecified atom stereocenters. The van der Waals surface area contributed by atoms with Gasteiger partial charge in [-0.1, -0.05) is 45.9 Å². The van der Waals surface area contributed by atoms with Gasteiger partial charge in [0.25, 0.3) is 0 Å². The Balaban J connectivity index is 2.18. The average Bonchev–Trinajstić information content (AvgIpc) is 2.79. The zero-order chi connectivity index (χ0) is 15.6. The lowest BCUT2D eigenvalue weighted by Gasteiger charge is -2.25. The van der Waals surface area contributed by atoms with Gasteiger partial charge in [-0.3, -0.25) is 5.84 Å². The van der Waals surface area contributed by atoms with Crippen LogP contribution >= 0.6 is 0 Å². The van der Waals surface area contributed by atoms with Gasteiger partial charge in [0.05, 0.1) is 6.04 Å². The summed E-state index contributed by atoms with van der Waals surface area (Å²) >= 11 is 0. The second-order valence-corrected chi connectivity index (χ2v) is 7.47. The third-order valence-corrected chi connectivity index (χ3v) is 3.90. The van der Waals surface area contributed by atoms with Crippen molar-refractivity contribution >= 4 is 11.0 Å². The summed E-state index contributed by atoms with van der Waals surface area (Å²) in [6.07, 6.45) is 2.15. The molecule has 21 heavy (non-hydrogen) atoms. The van der Waals surface area contributed by atoms with E-state index in [4.69, 9.17) is 10.3 Å². The van der Waals surface area contributed by atoms with Gasteiger partial charge in [-0.2, -0.15) is 0 Å². The first-order valence-corrected chi connectivity index (χ1v) is 7.75. The molecule has 3 nitrogen and oxygen atoms in total. The second-order valence-electron chi connectivity index (χ2n) is 7.47. The molecule has 0 bridgehead atoms. The van der Waals surface area contributed by atoms with Crippen molar-refractivity contribution < 1.29 is 4.42 Å². The zero-order valence-corrected chi connectivity index (χ0v) is 13.9. The summed E-state index contributed by atoms with van der Waals surface area (Å²) in [5.74, 6) is 7.28. The van der Waals surface area contributed by atoms with Gasteiger partial charge in [0, 0.05) is 5.39 Å². The average molecular weight is 288 g/mol. The molecule has 2 atom stereocenters. The van der Waals surface area contributed by atoms with Crippen molar-refractivity contribution in [3.8, 4) is 0 Å². The van der Waals surface area contributed by atoms with Crippen LogP contribution in [0.1, 0.15) is 57.9 Å². The van der Waals surface area contributed by atoms with Crippen LogP contribution in [0, 0.1) is 18.3 Å². The molecule has 0 fully saturated rings. The maximum absolute atomic E-state index is 6.04. The van der Waals surface area contributed by atoms with Crippen LogP contribution in [0.2, 0.25) is 0 Å². The third kappa shape index (κ3) is 4.08. The van der Waals surface area contributed by atoms with Gasteiger partial charge in [-0.15, -0.1) is 0 Å². The van der Waals surface area contributed by atoms with E-state index >= 15 is 0 Å². The summed E-state index contributed by atoms with van der Waals surface area (Å²) in [5, 5.41) is 1.15. The van der Waals surface area contributed by atoms with E-state index in [1.807, 2.05) is 0 Å². The Morgan fingerprint density at radius 3 is 2.57 bits per heavy atom. The lowest BCUT2D eigenvalue weighted by atomic mass is 9.82. The molecule has 0 aliphatic carbocycles. The summed E-state index contributed by atoms with van der Waals surface area (Å²) in [6.45, 7) is 11.2. The molecule has 2 rings (SSSR count). The standard InChI is InChI=1S/C18H28N2O/c1-12(11-18(3,4)5)9-15(20-19)16-10-14-8-6-7-13(2)17(14)21-16/h6-8,10,12,15,20H,9,11,19H2,1-5H3. The van der Waals surface area contributed by atoms with Gasteiger partial charge in [-0.05, 0) is 42.7 Å². The van der Waals surface area contributed by atoms with E-state index in [1.165, 1.54) is 6.42 Å². The van der Waals surface area contributed by atoms with Crippen LogP contribution in [0.4, 0.5) is 0 Å². The first-order chi connectivity index (χ1) is 9.80. The lowest BCUT2D eigenvalue weighted by Crippen LogP contribution is -2.29. The number of nitrogens with two attached hydrogens (primary N) is 1. The Kier molecular flexibility index (Phi) is 4.74. The summed E-state index contributed by atoms with van der Waals surface area (Å²) in [6, 6.07) is 8.39. The minimum atomic E-state index is 0.0640. The highest BCUT2D eigenvalue weighted by Crippen LogP contribution is 2.33. The number of hydrogen-bond donors (Lipinski definition) is 2. The number of rotatable bonds is 5. The fourth-order valence-corrected chi connectivity index (χ4v) is 3.20. The van der Waals surface area contributed by atoms with E-state index in [2.05, 4.69) is 64.3 Å². The Labute approximate surface area is 127 Å². The Hall–Kier alpha value is -1.32. The van der Waals surface area contributed by atoms with Crippen molar-refractivity contribution in [3.63, 3.8) is 0 Å². The van der Waals surface area contributed by atoms with Crippen LogP contribution in [0.15, 0.2) is 28.7 Å². The highest BCUT2D eigenvalue weighted by Gasteiger charge is 2.22. The van der Waals surface area contributed by atoms with E-state index in [0.717, 1.165) is 28.7 Å². The van der Waals surface area contributed by atoms with Crippen LogP contribution in [0.25, 0.3) is 11.0 Å². The quantitative estimate of drug-likeness (QED) is 0.619. The van der Waals surface area contributed by atoms with Gasteiger partial charge in [0.15, 0.2) is 0 Å². The van der Waals surface area contributed by atoms with E-state index in [0.29, 0.717) is 11.3 Å². The fourth-order valence-electron chi connectivity index (χ4n) is 3.20. The molecule has 1 aromatic carbocycles. The Bertz CT molecular complexity index is 595. The van der Waals surface area contributed by atoms with Crippen molar-refractivity contribution in [2.24, 2.45) is 17.2 Å². The van der Waals surface area contributed by atoms with Gasteiger partial charge in [0.2, 0.25) is 0 Å². The molecule has 0 radical (unpaired) electrons. The first kappa shape index (κ1) is 16.1. The molecular formula is C18H28N2O. The van der Waals surface area contributed by atoms with Gasteiger partial charge < -0.3 is 4.42 Å². The predicted octanol–water partition coefficient (Wildman–Crippen LogP) is 4.71. The minimum absolute atomic E-state index is 0.0640. The van der Waals surface area contributed by atoms with Crippen LogP contribution in [-0.2, 0) is 0 Å². The topological polar surface area (TPSA) is 51.2 Å². The smallest absolute Gasteiger partial charge is 0.137 e. The van der Waals surface area contributed by atoms with E-state index in [1.54, 1.807) is 0 Å². The largest absolute Gasteiger partial charge is 0.459 e. The summed E-state index contributed by atoms with van der Waals surface area (Å²) < 4.78 is 6.04. The van der Waals surface area contributed by atoms with E-state index < -0.39 is 0 Å². The van der Waals surface area contributed by atoms with E-state index in [-0.39, 0.29) is 6.04 Å². The number of aryl methyl sites for hydroxylation is 1. The number of furan rings is 1. The molecule has 0 aliphatic heterocycles. The van der Waals surface area contributed by atoms with Crippen molar-refractivity contribution in [2.45, 2.75) is 53.5 Å².